The van der Waals surface area contributed by atoms with Crippen molar-refractivity contribution < 1.29 is 14.3 Å². The van der Waals surface area contributed by atoms with E-state index in [0.717, 1.165) is 16.7 Å². The molecule has 3 aromatic rings. The van der Waals surface area contributed by atoms with Gasteiger partial charge < -0.3 is 20.4 Å². The third-order valence-electron chi connectivity index (χ3n) is 3.69. The van der Waals surface area contributed by atoms with Crippen LogP contribution in [0.1, 0.15) is 17.4 Å². The van der Waals surface area contributed by atoms with E-state index in [-0.39, 0.29) is 18.4 Å². The lowest BCUT2D eigenvalue weighted by Gasteiger charge is -2.08. The van der Waals surface area contributed by atoms with Gasteiger partial charge in [-0.3, -0.25) is 9.59 Å². The van der Waals surface area contributed by atoms with Crippen LogP contribution in [0.2, 0.25) is 5.02 Å². The standard InChI is InChI=1S/C19H18ClN3O3/c1-2-26-15-6-4-14(5-7-15)22-18(24)11-21-19(25)17-10-12-9-13(20)3-8-16(12)23-17/h3-10,23H,2,11H2,1H3,(H,21,25)(H,22,24). The number of hydrogen-bond acceptors (Lipinski definition) is 3. The maximum absolute atomic E-state index is 12.2. The van der Waals surface area contributed by atoms with E-state index >= 15 is 0 Å². The molecule has 3 rings (SSSR count). The van der Waals surface area contributed by atoms with Gasteiger partial charge in [0.2, 0.25) is 5.91 Å². The molecule has 0 atom stereocenters. The summed E-state index contributed by atoms with van der Waals surface area (Å²) < 4.78 is 5.34. The van der Waals surface area contributed by atoms with E-state index in [9.17, 15) is 9.59 Å². The van der Waals surface area contributed by atoms with Gasteiger partial charge in [-0.15, -0.1) is 0 Å². The molecule has 0 aliphatic heterocycles. The average Bonchev–Trinajstić information content (AvgIpc) is 3.05. The molecular formula is C19H18ClN3O3. The summed E-state index contributed by atoms with van der Waals surface area (Å²) in [6.45, 7) is 2.35. The summed E-state index contributed by atoms with van der Waals surface area (Å²) in [5.74, 6) is 0.0542. The Morgan fingerprint density at radius 3 is 2.62 bits per heavy atom. The molecule has 0 spiro atoms. The van der Waals surface area contributed by atoms with Crippen LogP contribution >= 0.6 is 11.6 Å². The normalized spacial score (nSPS) is 10.5. The first-order valence-corrected chi connectivity index (χ1v) is 8.52. The van der Waals surface area contributed by atoms with Crippen molar-refractivity contribution in [3.05, 3.63) is 59.2 Å². The summed E-state index contributed by atoms with van der Waals surface area (Å²) >= 11 is 5.94. The van der Waals surface area contributed by atoms with Crippen LogP contribution in [0.3, 0.4) is 0 Å². The molecule has 0 unspecified atom stereocenters. The molecule has 0 aliphatic carbocycles. The highest BCUT2D eigenvalue weighted by atomic mass is 35.5. The maximum atomic E-state index is 12.2. The molecule has 26 heavy (non-hydrogen) atoms. The summed E-state index contributed by atoms with van der Waals surface area (Å²) in [5.41, 5.74) is 1.81. The van der Waals surface area contributed by atoms with Gasteiger partial charge in [-0.2, -0.15) is 0 Å². The quantitative estimate of drug-likeness (QED) is 0.619. The monoisotopic (exact) mass is 371 g/mol. The molecule has 1 heterocycles. The summed E-state index contributed by atoms with van der Waals surface area (Å²) in [6.07, 6.45) is 0. The van der Waals surface area contributed by atoms with Crippen LogP contribution in [-0.2, 0) is 4.79 Å². The first-order valence-electron chi connectivity index (χ1n) is 8.14. The van der Waals surface area contributed by atoms with Crippen molar-refractivity contribution in [2.24, 2.45) is 0 Å². The molecule has 0 saturated heterocycles. The van der Waals surface area contributed by atoms with E-state index in [1.54, 1.807) is 48.5 Å². The van der Waals surface area contributed by atoms with E-state index in [2.05, 4.69) is 15.6 Å². The van der Waals surface area contributed by atoms with Crippen molar-refractivity contribution in [1.82, 2.24) is 10.3 Å². The van der Waals surface area contributed by atoms with Gasteiger partial charge >= 0.3 is 0 Å². The van der Waals surface area contributed by atoms with Gasteiger partial charge in [0.15, 0.2) is 0 Å². The molecule has 2 aromatic carbocycles. The minimum Gasteiger partial charge on any atom is -0.494 e. The highest BCUT2D eigenvalue weighted by molar-refractivity contribution is 6.31. The summed E-state index contributed by atoms with van der Waals surface area (Å²) in [4.78, 5) is 27.2. The van der Waals surface area contributed by atoms with Crippen molar-refractivity contribution in [3.63, 3.8) is 0 Å². The van der Waals surface area contributed by atoms with Crippen LogP contribution < -0.4 is 15.4 Å². The lowest BCUT2D eigenvalue weighted by atomic mass is 10.2. The van der Waals surface area contributed by atoms with E-state index < -0.39 is 0 Å². The number of hydrogen-bond donors (Lipinski definition) is 3. The molecule has 2 amide bonds. The smallest absolute Gasteiger partial charge is 0.268 e. The fourth-order valence-corrected chi connectivity index (χ4v) is 2.67. The number of fused-ring (bicyclic) bond motifs is 1. The lowest BCUT2D eigenvalue weighted by Crippen LogP contribution is -2.33. The van der Waals surface area contributed by atoms with Crippen LogP contribution in [0.5, 0.6) is 5.75 Å². The molecule has 0 radical (unpaired) electrons. The fraction of sp³-hybridized carbons (Fsp3) is 0.158. The van der Waals surface area contributed by atoms with Gasteiger partial charge in [-0.1, -0.05) is 11.6 Å². The summed E-state index contributed by atoms with van der Waals surface area (Å²) in [5, 5.41) is 6.73. The topological polar surface area (TPSA) is 83.2 Å². The Hall–Kier alpha value is -2.99. The molecule has 3 N–H and O–H groups in total. The van der Waals surface area contributed by atoms with Gasteiger partial charge in [0.05, 0.1) is 13.2 Å². The van der Waals surface area contributed by atoms with Crippen LogP contribution in [0.25, 0.3) is 10.9 Å². The van der Waals surface area contributed by atoms with Crippen molar-refractivity contribution in [1.29, 1.82) is 0 Å². The molecule has 7 heteroatoms. The molecule has 0 saturated carbocycles. The SMILES string of the molecule is CCOc1ccc(NC(=O)CNC(=O)c2cc3cc(Cl)ccc3[nH]2)cc1. The Labute approximate surface area is 155 Å². The van der Waals surface area contributed by atoms with Gasteiger partial charge in [0.1, 0.15) is 11.4 Å². The molecule has 0 bridgehead atoms. The van der Waals surface area contributed by atoms with Crippen molar-refractivity contribution in [2.75, 3.05) is 18.5 Å². The largest absolute Gasteiger partial charge is 0.494 e. The van der Waals surface area contributed by atoms with Gasteiger partial charge in [0, 0.05) is 21.6 Å². The second-order valence-corrected chi connectivity index (χ2v) is 6.04. The third-order valence-corrected chi connectivity index (χ3v) is 3.92. The summed E-state index contributed by atoms with van der Waals surface area (Å²) in [6, 6.07) is 14.0. The molecule has 134 valence electrons. The van der Waals surface area contributed by atoms with Crippen molar-refractivity contribution in [2.45, 2.75) is 6.92 Å². The van der Waals surface area contributed by atoms with E-state index in [1.165, 1.54) is 0 Å². The third kappa shape index (κ3) is 4.34. The summed E-state index contributed by atoms with van der Waals surface area (Å²) in [7, 11) is 0. The number of halogens is 1. The van der Waals surface area contributed by atoms with Crippen LogP contribution in [0.4, 0.5) is 5.69 Å². The van der Waals surface area contributed by atoms with Crippen molar-refractivity contribution in [3.8, 4) is 5.75 Å². The Morgan fingerprint density at radius 1 is 1.12 bits per heavy atom. The molecular weight excluding hydrogens is 354 g/mol. The highest BCUT2D eigenvalue weighted by Gasteiger charge is 2.11. The van der Waals surface area contributed by atoms with E-state index in [0.29, 0.717) is 23.0 Å². The Balaban J connectivity index is 1.55. The number of aromatic amines is 1. The molecule has 0 fully saturated rings. The predicted octanol–water partition coefficient (Wildman–Crippen LogP) is 3.59. The number of carbonyl (C=O) groups excluding carboxylic acids is 2. The first kappa shape index (κ1) is 17.8. The second-order valence-electron chi connectivity index (χ2n) is 5.60. The zero-order chi connectivity index (χ0) is 18.5. The van der Waals surface area contributed by atoms with E-state index in [1.807, 2.05) is 6.92 Å². The minimum atomic E-state index is -0.362. The molecule has 1 aromatic heterocycles. The number of rotatable bonds is 6. The number of amides is 2. The Morgan fingerprint density at radius 2 is 1.88 bits per heavy atom. The van der Waals surface area contributed by atoms with Gasteiger partial charge in [-0.25, -0.2) is 0 Å². The zero-order valence-electron chi connectivity index (χ0n) is 14.1. The van der Waals surface area contributed by atoms with Crippen molar-refractivity contribution >= 4 is 40.0 Å². The number of aromatic nitrogens is 1. The first-order chi connectivity index (χ1) is 12.5. The number of anilines is 1. The number of carbonyl (C=O) groups is 2. The van der Waals surface area contributed by atoms with E-state index in [4.69, 9.17) is 16.3 Å². The van der Waals surface area contributed by atoms with Crippen LogP contribution in [0, 0.1) is 0 Å². The zero-order valence-corrected chi connectivity index (χ0v) is 14.9. The Bertz CT molecular complexity index is 935. The fourth-order valence-electron chi connectivity index (χ4n) is 2.49. The predicted molar refractivity (Wildman–Crippen MR) is 102 cm³/mol. The number of H-pyrrole nitrogens is 1. The highest BCUT2D eigenvalue weighted by Crippen LogP contribution is 2.20. The maximum Gasteiger partial charge on any atom is 0.268 e. The average molecular weight is 372 g/mol. The van der Waals surface area contributed by atoms with Gasteiger partial charge in [0.25, 0.3) is 5.91 Å². The van der Waals surface area contributed by atoms with Crippen LogP contribution in [-0.4, -0.2) is 29.9 Å². The number of ether oxygens (including phenoxy) is 1. The lowest BCUT2D eigenvalue weighted by molar-refractivity contribution is -0.115. The Kier molecular flexibility index (Phi) is 5.43. The second kappa shape index (κ2) is 7.93. The van der Waals surface area contributed by atoms with Gasteiger partial charge in [-0.05, 0) is 55.5 Å². The number of nitrogens with one attached hydrogen (secondary N) is 3. The minimum absolute atomic E-state index is 0.137. The molecule has 0 aliphatic rings. The molecule has 6 nitrogen and oxygen atoms in total. The van der Waals surface area contributed by atoms with Crippen LogP contribution in [0.15, 0.2) is 48.5 Å². The number of benzene rings is 2.